The van der Waals surface area contributed by atoms with Gasteiger partial charge in [-0.1, -0.05) is 32.9 Å². The molecule has 19 heavy (non-hydrogen) atoms. The fourth-order valence-electron chi connectivity index (χ4n) is 1.98. The van der Waals surface area contributed by atoms with E-state index in [1.165, 1.54) is 0 Å². The standard InChI is InChI=1S/C15H22F3N/c1-4-19-10-12(3)11(2)9-13-5-7-14(8-6-13)15(16,17)18/h5-8,11-12,19H,4,9-10H2,1-3H3. The minimum atomic E-state index is -4.25. The van der Waals surface area contributed by atoms with Crippen molar-refractivity contribution in [1.29, 1.82) is 0 Å². The molecular weight excluding hydrogens is 251 g/mol. The second kappa shape index (κ2) is 6.94. The van der Waals surface area contributed by atoms with Crippen LogP contribution in [0.1, 0.15) is 31.9 Å². The summed E-state index contributed by atoms with van der Waals surface area (Å²) in [6.07, 6.45) is -3.44. The van der Waals surface area contributed by atoms with Crippen LogP contribution in [-0.2, 0) is 12.6 Å². The Morgan fingerprint density at radius 1 is 1.05 bits per heavy atom. The van der Waals surface area contributed by atoms with Crippen molar-refractivity contribution < 1.29 is 13.2 Å². The van der Waals surface area contributed by atoms with E-state index < -0.39 is 11.7 Å². The average molecular weight is 273 g/mol. The molecule has 0 fully saturated rings. The van der Waals surface area contributed by atoms with Gasteiger partial charge in [0.05, 0.1) is 5.56 Å². The van der Waals surface area contributed by atoms with E-state index >= 15 is 0 Å². The van der Waals surface area contributed by atoms with E-state index in [9.17, 15) is 13.2 Å². The van der Waals surface area contributed by atoms with Crippen LogP contribution in [0.15, 0.2) is 24.3 Å². The third-order valence-electron chi connectivity index (χ3n) is 3.53. The second-order valence-electron chi connectivity index (χ2n) is 5.16. The minimum absolute atomic E-state index is 0.441. The topological polar surface area (TPSA) is 12.0 Å². The van der Waals surface area contributed by atoms with Crippen molar-refractivity contribution in [2.75, 3.05) is 13.1 Å². The summed E-state index contributed by atoms with van der Waals surface area (Å²) in [6, 6.07) is 5.49. The monoisotopic (exact) mass is 273 g/mol. The highest BCUT2D eigenvalue weighted by Crippen LogP contribution is 2.29. The van der Waals surface area contributed by atoms with Gasteiger partial charge in [0.15, 0.2) is 0 Å². The Kier molecular flexibility index (Phi) is 5.85. The summed E-state index contributed by atoms with van der Waals surface area (Å²) in [7, 11) is 0. The van der Waals surface area contributed by atoms with Crippen molar-refractivity contribution in [2.24, 2.45) is 11.8 Å². The van der Waals surface area contributed by atoms with Gasteiger partial charge in [-0.15, -0.1) is 0 Å². The maximum absolute atomic E-state index is 12.4. The van der Waals surface area contributed by atoms with E-state index in [0.29, 0.717) is 11.8 Å². The lowest BCUT2D eigenvalue weighted by molar-refractivity contribution is -0.137. The molecule has 1 aromatic carbocycles. The third kappa shape index (κ3) is 5.23. The van der Waals surface area contributed by atoms with E-state index in [2.05, 4.69) is 26.1 Å². The molecule has 0 saturated heterocycles. The summed E-state index contributed by atoms with van der Waals surface area (Å²) >= 11 is 0. The average Bonchev–Trinajstić information content (AvgIpc) is 2.35. The van der Waals surface area contributed by atoms with Gasteiger partial charge in [-0.25, -0.2) is 0 Å². The van der Waals surface area contributed by atoms with E-state index in [0.717, 1.165) is 37.2 Å². The van der Waals surface area contributed by atoms with E-state index in [-0.39, 0.29) is 0 Å². The number of rotatable bonds is 6. The fraction of sp³-hybridized carbons (Fsp3) is 0.600. The molecule has 0 radical (unpaired) electrons. The van der Waals surface area contributed by atoms with Gasteiger partial charge >= 0.3 is 6.18 Å². The van der Waals surface area contributed by atoms with E-state index in [1.807, 2.05) is 0 Å². The Morgan fingerprint density at radius 2 is 1.63 bits per heavy atom. The fourth-order valence-corrected chi connectivity index (χ4v) is 1.98. The largest absolute Gasteiger partial charge is 0.416 e. The highest BCUT2D eigenvalue weighted by molar-refractivity contribution is 5.24. The van der Waals surface area contributed by atoms with Crippen LogP contribution in [0.4, 0.5) is 13.2 Å². The summed E-state index contributed by atoms with van der Waals surface area (Å²) in [5.74, 6) is 0.943. The first kappa shape index (κ1) is 16.0. The van der Waals surface area contributed by atoms with Crippen molar-refractivity contribution in [2.45, 2.75) is 33.4 Å². The van der Waals surface area contributed by atoms with Gasteiger partial charge in [-0.05, 0) is 49.0 Å². The number of benzene rings is 1. The van der Waals surface area contributed by atoms with Gasteiger partial charge in [0.1, 0.15) is 0 Å². The van der Waals surface area contributed by atoms with Gasteiger partial charge in [-0.2, -0.15) is 13.2 Å². The molecule has 0 spiro atoms. The van der Waals surface area contributed by atoms with Gasteiger partial charge in [-0.3, -0.25) is 0 Å². The van der Waals surface area contributed by atoms with Crippen LogP contribution in [0.3, 0.4) is 0 Å². The van der Waals surface area contributed by atoms with Crippen molar-refractivity contribution in [3.05, 3.63) is 35.4 Å². The molecule has 2 unspecified atom stereocenters. The van der Waals surface area contributed by atoms with Crippen LogP contribution in [0.25, 0.3) is 0 Å². The van der Waals surface area contributed by atoms with Crippen LogP contribution in [0, 0.1) is 11.8 Å². The quantitative estimate of drug-likeness (QED) is 0.821. The molecule has 0 aliphatic heterocycles. The molecule has 1 N–H and O–H groups in total. The predicted molar refractivity (Wildman–Crippen MR) is 72.0 cm³/mol. The highest BCUT2D eigenvalue weighted by atomic mass is 19.4. The molecule has 0 amide bonds. The Labute approximate surface area is 113 Å². The Morgan fingerprint density at radius 3 is 2.11 bits per heavy atom. The first-order valence-corrected chi connectivity index (χ1v) is 6.71. The smallest absolute Gasteiger partial charge is 0.317 e. The SMILES string of the molecule is CCNCC(C)C(C)Cc1ccc(C(F)(F)F)cc1. The molecule has 0 aliphatic rings. The number of nitrogens with one attached hydrogen (secondary N) is 1. The van der Waals surface area contributed by atoms with Crippen LogP contribution >= 0.6 is 0 Å². The van der Waals surface area contributed by atoms with Crippen LogP contribution < -0.4 is 5.32 Å². The number of hydrogen-bond donors (Lipinski definition) is 1. The van der Waals surface area contributed by atoms with Gasteiger partial charge in [0, 0.05) is 0 Å². The van der Waals surface area contributed by atoms with Crippen LogP contribution in [-0.4, -0.2) is 13.1 Å². The lowest BCUT2D eigenvalue weighted by atomic mass is 9.89. The number of alkyl halides is 3. The molecular formula is C15H22F3N. The molecule has 1 aromatic rings. The molecule has 2 atom stereocenters. The van der Waals surface area contributed by atoms with Crippen LogP contribution in [0.2, 0.25) is 0 Å². The molecule has 0 aliphatic carbocycles. The molecule has 4 heteroatoms. The van der Waals surface area contributed by atoms with Gasteiger partial charge in [0.2, 0.25) is 0 Å². The van der Waals surface area contributed by atoms with Crippen molar-refractivity contribution in [3.63, 3.8) is 0 Å². The molecule has 108 valence electrons. The zero-order valence-corrected chi connectivity index (χ0v) is 11.7. The minimum Gasteiger partial charge on any atom is -0.317 e. The van der Waals surface area contributed by atoms with Crippen molar-refractivity contribution in [3.8, 4) is 0 Å². The molecule has 1 rings (SSSR count). The predicted octanol–water partition coefficient (Wildman–Crippen LogP) is 4.13. The summed E-state index contributed by atoms with van der Waals surface area (Å²) in [6.45, 7) is 8.25. The Hall–Kier alpha value is -1.03. The van der Waals surface area contributed by atoms with E-state index in [4.69, 9.17) is 0 Å². The lowest BCUT2D eigenvalue weighted by Gasteiger charge is -2.20. The first-order chi connectivity index (χ1) is 8.84. The van der Waals surface area contributed by atoms with Crippen molar-refractivity contribution >= 4 is 0 Å². The lowest BCUT2D eigenvalue weighted by Crippen LogP contribution is -2.25. The number of hydrogen-bond acceptors (Lipinski definition) is 1. The summed E-state index contributed by atoms with van der Waals surface area (Å²) in [5, 5.41) is 3.29. The summed E-state index contributed by atoms with van der Waals surface area (Å²) in [4.78, 5) is 0. The third-order valence-corrected chi connectivity index (χ3v) is 3.53. The second-order valence-corrected chi connectivity index (χ2v) is 5.16. The maximum atomic E-state index is 12.4. The number of halogens is 3. The zero-order valence-electron chi connectivity index (χ0n) is 11.7. The summed E-state index contributed by atoms with van der Waals surface area (Å²) < 4.78 is 37.3. The van der Waals surface area contributed by atoms with Crippen molar-refractivity contribution in [1.82, 2.24) is 5.32 Å². The molecule has 1 nitrogen and oxygen atoms in total. The molecule has 0 bridgehead atoms. The molecule has 0 heterocycles. The maximum Gasteiger partial charge on any atom is 0.416 e. The van der Waals surface area contributed by atoms with Gasteiger partial charge < -0.3 is 5.32 Å². The molecule has 0 saturated carbocycles. The highest BCUT2D eigenvalue weighted by Gasteiger charge is 2.29. The Bertz CT molecular complexity index is 370. The first-order valence-electron chi connectivity index (χ1n) is 6.71. The zero-order chi connectivity index (χ0) is 14.5. The molecule has 0 aromatic heterocycles. The van der Waals surface area contributed by atoms with Gasteiger partial charge in [0.25, 0.3) is 0 Å². The van der Waals surface area contributed by atoms with E-state index in [1.54, 1.807) is 12.1 Å². The van der Waals surface area contributed by atoms with Crippen LogP contribution in [0.5, 0.6) is 0 Å². The summed E-state index contributed by atoms with van der Waals surface area (Å²) in [5.41, 5.74) is 0.383. The Balaban J connectivity index is 2.58. The normalized spacial score (nSPS) is 15.3.